The Labute approximate surface area is 162 Å². The summed E-state index contributed by atoms with van der Waals surface area (Å²) < 4.78 is 30.1. The molecule has 2 aromatic rings. The minimum Gasteiger partial charge on any atom is -0.447 e. The Hall–Kier alpha value is -2.56. The Morgan fingerprint density at radius 3 is 2.68 bits per heavy atom. The van der Waals surface area contributed by atoms with Gasteiger partial charge in [-0.25, -0.2) is 22.7 Å². The molecular weight excluding hydrogens is 386 g/mol. The van der Waals surface area contributed by atoms with Crippen LogP contribution in [0, 0.1) is 13.8 Å². The number of aromatic nitrogens is 4. The monoisotopic (exact) mass is 409 g/mol. The zero-order valence-electron chi connectivity index (χ0n) is 16.2. The Bertz CT molecular complexity index is 1030. The molecule has 0 bridgehead atoms. The van der Waals surface area contributed by atoms with Crippen LogP contribution >= 0.6 is 0 Å². The first-order valence-electron chi connectivity index (χ1n) is 9.04. The fourth-order valence-electron chi connectivity index (χ4n) is 3.37. The van der Waals surface area contributed by atoms with Gasteiger partial charge in [-0.05, 0) is 40.2 Å². The van der Waals surface area contributed by atoms with Crippen molar-refractivity contribution in [2.75, 3.05) is 18.1 Å². The van der Waals surface area contributed by atoms with Crippen molar-refractivity contribution in [3.63, 3.8) is 0 Å². The van der Waals surface area contributed by atoms with Crippen molar-refractivity contribution in [1.82, 2.24) is 24.5 Å². The van der Waals surface area contributed by atoms with E-state index in [1.165, 1.54) is 16.3 Å². The van der Waals surface area contributed by atoms with Crippen LogP contribution < -0.4 is 0 Å². The molecule has 0 saturated carbocycles. The van der Waals surface area contributed by atoms with Crippen LogP contribution in [0.1, 0.15) is 42.3 Å². The molecule has 0 N–H and O–H groups in total. The van der Waals surface area contributed by atoms with Gasteiger partial charge in [-0.2, -0.15) is 4.98 Å². The van der Waals surface area contributed by atoms with Crippen LogP contribution in [0.2, 0.25) is 0 Å². The van der Waals surface area contributed by atoms with Gasteiger partial charge in [0.2, 0.25) is 0 Å². The normalized spacial score (nSPS) is 19.5. The lowest BCUT2D eigenvalue weighted by atomic mass is 10.2. The molecule has 2 unspecified atom stereocenters. The van der Waals surface area contributed by atoms with Crippen molar-refractivity contribution in [1.29, 1.82) is 0 Å². The average molecular weight is 409 g/mol. The number of nitrogens with zero attached hydrogens (tertiary/aromatic N) is 5. The number of aryl methyl sites for hydroxylation is 2. The van der Waals surface area contributed by atoms with Crippen molar-refractivity contribution >= 4 is 27.5 Å². The van der Waals surface area contributed by atoms with Gasteiger partial charge < -0.3 is 9.64 Å². The summed E-state index contributed by atoms with van der Waals surface area (Å²) in [6.07, 6.45) is -0.695. The molecule has 0 spiro atoms. The average Bonchev–Trinajstić information content (AvgIpc) is 3.18. The lowest BCUT2D eigenvalue weighted by molar-refractivity contribution is -0.141. The highest BCUT2D eigenvalue weighted by Crippen LogP contribution is 2.19. The first kappa shape index (κ1) is 20.2. The summed E-state index contributed by atoms with van der Waals surface area (Å²) in [5.41, 5.74) is 1.50. The smallest absolute Gasteiger partial charge is 0.379 e. The Morgan fingerprint density at radius 1 is 1.36 bits per heavy atom. The standard InChI is InChI=1S/C17H23N5O5S/c1-5-21(13-6-7-28(25,26)9-13)15(23)12(4)27-16(24)14-19-17-18-10(2)8-11(3)22(17)20-14/h8,12-13H,5-7,9H2,1-4H3. The van der Waals surface area contributed by atoms with Crippen molar-refractivity contribution in [3.05, 3.63) is 23.3 Å². The third-order valence-electron chi connectivity index (χ3n) is 4.71. The molecule has 0 aliphatic carbocycles. The largest absolute Gasteiger partial charge is 0.447 e. The molecule has 2 aromatic heterocycles. The molecular formula is C17H23N5O5S. The van der Waals surface area contributed by atoms with Gasteiger partial charge in [0.25, 0.3) is 17.5 Å². The van der Waals surface area contributed by atoms with Crippen molar-refractivity contribution in [2.45, 2.75) is 46.3 Å². The van der Waals surface area contributed by atoms with Gasteiger partial charge in [0.1, 0.15) is 0 Å². The third kappa shape index (κ3) is 3.98. The molecule has 28 heavy (non-hydrogen) atoms. The van der Waals surface area contributed by atoms with Crippen molar-refractivity contribution in [3.8, 4) is 0 Å². The highest BCUT2D eigenvalue weighted by Gasteiger charge is 2.36. The van der Waals surface area contributed by atoms with Crippen molar-refractivity contribution in [2.24, 2.45) is 0 Å². The lowest BCUT2D eigenvalue weighted by Crippen LogP contribution is -2.46. The number of carbonyl (C=O) groups is 2. The van der Waals surface area contributed by atoms with E-state index in [9.17, 15) is 18.0 Å². The van der Waals surface area contributed by atoms with Gasteiger partial charge in [-0.15, -0.1) is 5.10 Å². The number of fused-ring (bicyclic) bond motifs is 1. The number of ether oxygens (including phenoxy) is 1. The quantitative estimate of drug-likeness (QED) is 0.647. The summed E-state index contributed by atoms with van der Waals surface area (Å²) in [6.45, 7) is 7.17. The third-order valence-corrected chi connectivity index (χ3v) is 6.46. The highest BCUT2D eigenvalue weighted by atomic mass is 32.2. The number of hydrogen-bond acceptors (Lipinski definition) is 8. The second-order valence-electron chi connectivity index (χ2n) is 6.91. The SMILES string of the molecule is CCN(C(=O)C(C)OC(=O)c1nc2nc(C)cc(C)n2n1)C1CCS(=O)(=O)C1. The van der Waals surface area contributed by atoms with E-state index < -0.39 is 33.9 Å². The molecule has 152 valence electrons. The number of esters is 1. The first-order valence-corrected chi connectivity index (χ1v) is 10.9. The van der Waals surface area contributed by atoms with E-state index in [1.54, 1.807) is 13.0 Å². The number of amides is 1. The van der Waals surface area contributed by atoms with Crippen LogP contribution in [0.25, 0.3) is 5.78 Å². The summed E-state index contributed by atoms with van der Waals surface area (Å²) >= 11 is 0. The van der Waals surface area contributed by atoms with Gasteiger partial charge in [-0.1, -0.05) is 0 Å². The topological polar surface area (TPSA) is 124 Å². The molecule has 2 atom stereocenters. The van der Waals surface area contributed by atoms with E-state index in [2.05, 4.69) is 15.1 Å². The fourth-order valence-corrected chi connectivity index (χ4v) is 5.10. The highest BCUT2D eigenvalue weighted by molar-refractivity contribution is 7.91. The zero-order chi connectivity index (χ0) is 20.6. The molecule has 10 nitrogen and oxygen atoms in total. The minimum atomic E-state index is -3.13. The van der Waals surface area contributed by atoms with Crippen LogP contribution in [0.4, 0.5) is 0 Å². The predicted octanol–water partition coefficient (Wildman–Crippen LogP) is 0.322. The maximum atomic E-state index is 12.7. The molecule has 1 saturated heterocycles. The predicted molar refractivity (Wildman–Crippen MR) is 99.6 cm³/mol. The van der Waals surface area contributed by atoms with E-state index in [4.69, 9.17) is 4.74 Å². The van der Waals surface area contributed by atoms with Crippen LogP contribution in [-0.2, 0) is 19.4 Å². The summed E-state index contributed by atoms with van der Waals surface area (Å²) in [6, 6.07) is 1.41. The summed E-state index contributed by atoms with van der Waals surface area (Å²) in [7, 11) is -3.13. The van der Waals surface area contributed by atoms with Crippen LogP contribution in [0.3, 0.4) is 0 Å². The lowest BCUT2D eigenvalue weighted by Gasteiger charge is -2.29. The molecule has 1 fully saturated rings. The van der Waals surface area contributed by atoms with E-state index in [1.807, 2.05) is 13.8 Å². The van der Waals surface area contributed by atoms with Gasteiger partial charge in [-0.3, -0.25) is 4.79 Å². The maximum Gasteiger partial charge on any atom is 0.379 e. The molecule has 0 aromatic carbocycles. The number of rotatable bonds is 5. The molecule has 0 radical (unpaired) electrons. The first-order chi connectivity index (χ1) is 13.1. The van der Waals surface area contributed by atoms with Crippen molar-refractivity contribution < 1.29 is 22.7 Å². The van der Waals surface area contributed by atoms with E-state index in [-0.39, 0.29) is 23.1 Å². The zero-order valence-corrected chi connectivity index (χ0v) is 17.1. The van der Waals surface area contributed by atoms with Gasteiger partial charge in [0.05, 0.1) is 11.5 Å². The summed E-state index contributed by atoms with van der Waals surface area (Å²) in [5.74, 6) is -1.19. The molecule has 1 aliphatic rings. The molecule has 1 aliphatic heterocycles. The molecule has 3 heterocycles. The number of sulfone groups is 1. The van der Waals surface area contributed by atoms with E-state index >= 15 is 0 Å². The minimum absolute atomic E-state index is 0.0621. The van der Waals surface area contributed by atoms with Crippen LogP contribution in [0.15, 0.2) is 6.07 Å². The number of hydrogen-bond donors (Lipinski definition) is 0. The Morgan fingerprint density at radius 2 is 2.07 bits per heavy atom. The summed E-state index contributed by atoms with van der Waals surface area (Å²) in [5, 5.41) is 4.09. The van der Waals surface area contributed by atoms with Crippen LogP contribution in [-0.4, -0.2) is 75.0 Å². The second-order valence-corrected chi connectivity index (χ2v) is 9.14. The van der Waals surface area contributed by atoms with Gasteiger partial charge >= 0.3 is 5.97 Å². The Kier molecular flexibility index (Phi) is 5.37. The fraction of sp³-hybridized carbons (Fsp3) is 0.588. The number of carbonyl (C=O) groups excluding carboxylic acids is 2. The van der Waals surface area contributed by atoms with Gasteiger partial charge in [0.15, 0.2) is 15.9 Å². The molecule has 11 heteroatoms. The number of likely N-dealkylation sites (N-methyl/N-ethyl adjacent to an activating group) is 1. The molecule has 3 rings (SSSR count). The molecule has 1 amide bonds. The van der Waals surface area contributed by atoms with E-state index in [0.717, 1.165) is 11.4 Å². The second kappa shape index (κ2) is 7.46. The Balaban J connectivity index is 1.72. The summed E-state index contributed by atoms with van der Waals surface area (Å²) in [4.78, 5) is 34.8. The van der Waals surface area contributed by atoms with Crippen LogP contribution in [0.5, 0.6) is 0 Å². The van der Waals surface area contributed by atoms with Gasteiger partial charge in [0, 0.05) is 24.0 Å². The maximum absolute atomic E-state index is 12.7. The van der Waals surface area contributed by atoms with E-state index in [0.29, 0.717) is 13.0 Å².